The molecule has 1 fully saturated rings. The molecule has 6 nitrogen and oxygen atoms in total. The van der Waals surface area contributed by atoms with Crippen LogP contribution in [0.3, 0.4) is 0 Å². The Hall–Kier alpha value is -1.47. The Labute approximate surface area is 130 Å². The minimum absolute atomic E-state index is 0.00909. The van der Waals surface area contributed by atoms with Crippen molar-refractivity contribution in [3.05, 3.63) is 17.0 Å². The number of likely N-dealkylation sites (tertiary alicyclic amines) is 1. The highest BCUT2D eigenvalue weighted by atomic mass is 19.1. The third-order valence-corrected chi connectivity index (χ3v) is 4.01. The fourth-order valence-corrected chi connectivity index (χ4v) is 2.83. The molecule has 1 amide bonds. The molecule has 1 aliphatic rings. The SMILES string of the molecule is Cc1noc(C)c1CN1C[C@@H](F)C[C@H]1CNC(=O)CN(C)C. The van der Waals surface area contributed by atoms with Crippen molar-refractivity contribution in [2.75, 3.05) is 33.7 Å². The van der Waals surface area contributed by atoms with Gasteiger partial charge in [0.25, 0.3) is 0 Å². The Kier molecular flexibility index (Phi) is 5.52. The summed E-state index contributed by atoms with van der Waals surface area (Å²) in [4.78, 5) is 15.6. The highest BCUT2D eigenvalue weighted by Gasteiger charge is 2.33. The van der Waals surface area contributed by atoms with Crippen LogP contribution in [0.2, 0.25) is 0 Å². The lowest BCUT2D eigenvalue weighted by molar-refractivity contribution is -0.121. The largest absolute Gasteiger partial charge is 0.361 e. The van der Waals surface area contributed by atoms with Crippen molar-refractivity contribution >= 4 is 5.91 Å². The van der Waals surface area contributed by atoms with Crippen LogP contribution in [0.15, 0.2) is 4.52 Å². The predicted octanol–water partition coefficient (Wildman–Crippen LogP) is 0.882. The van der Waals surface area contributed by atoms with Gasteiger partial charge in [-0.2, -0.15) is 0 Å². The number of amides is 1. The second-order valence-corrected chi connectivity index (χ2v) is 6.26. The lowest BCUT2D eigenvalue weighted by atomic mass is 10.1. The maximum Gasteiger partial charge on any atom is 0.234 e. The lowest BCUT2D eigenvalue weighted by Gasteiger charge is -2.24. The molecular weight excluding hydrogens is 287 g/mol. The molecule has 2 atom stereocenters. The molecule has 22 heavy (non-hydrogen) atoms. The number of aromatic nitrogens is 1. The van der Waals surface area contributed by atoms with E-state index in [2.05, 4.69) is 15.4 Å². The maximum absolute atomic E-state index is 13.8. The molecule has 0 saturated carbocycles. The van der Waals surface area contributed by atoms with Crippen LogP contribution >= 0.6 is 0 Å². The first-order valence-corrected chi connectivity index (χ1v) is 7.58. The molecular formula is C15H25FN4O2. The normalized spacial score (nSPS) is 22.5. The number of nitrogens with zero attached hydrogens (tertiary/aromatic N) is 3. The Balaban J connectivity index is 1.93. The monoisotopic (exact) mass is 312 g/mol. The minimum Gasteiger partial charge on any atom is -0.361 e. The summed E-state index contributed by atoms with van der Waals surface area (Å²) in [6, 6.07) is 0.00909. The zero-order valence-corrected chi connectivity index (χ0v) is 13.7. The average molecular weight is 312 g/mol. The van der Waals surface area contributed by atoms with E-state index in [0.717, 1.165) is 17.0 Å². The first kappa shape index (κ1) is 16.9. The second kappa shape index (κ2) is 7.19. The number of alkyl halides is 1. The Morgan fingerprint density at radius 1 is 1.50 bits per heavy atom. The van der Waals surface area contributed by atoms with E-state index < -0.39 is 6.17 Å². The van der Waals surface area contributed by atoms with Gasteiger partial charge in [0.15, 0.2) is 0 Å². The van der Waals surface area contributed by atoms with Gasteiger partial charge in [0.05, 0.1) is 12.2 Å². The van der Waals surface area contributed by atoms with E-state index in [1.54, 1.807) is 0 Å². The zero-order chi connectivity index (χ0) is 16.3. The summed E-state index contributed by atoms with van der Waals surface area (Å²) >= 11 is 0. The molecule has 0 unspecified atom stereocenters. The van der Waals surface area contributed by atoms with Gasteiger partial charge >= 0.3 is 0 Å². The van der Waals surface area contributed by atoms with Gasteiger partial charge in [0, 0.05) is 31.2 Å². The van der Waals surface area contributed by atoms with E-state index in [0.29, 0.717) is 32.6 Å². The quantitative estimate of drug-likeness (QED) is 0.845. The van der Waals surface area contributed by atoms with Crippen LogP contribution in [0, 0.1) is 13.8 Å². The predicted molar refractivity (Wildman–Crippen MR) is 81.3 cm³/mol. The van der Waals surface area contributed by atoms with Crippen molar-refractivity contribution in [1.29, 1.82) is 0 Å². The average Bonchev–Trinajstić information content (AvgIpc) is 2.93. The van der Waals surface area contributed by atoms with E-state index in [1.807, 2.05) is 32.8 Å². The van der Waals surface area contributed by atoms with Crippen LogP contribution in [0.1, 0.15) is 23.4 Å². The van der Waals surface area contributed by atoms with Crippen molar-refractivity contribution < 1.29 is 13.7 Å². The Bertz CT molecular complexity index is 498. The number of aryl methyl sites for hydroxylation is 2. The smallest absolute Gasteiger partial charge is 0.234 e. The standard InChI is InChI=1S/C15H25FN4O2/c1-10-14(11(2)22-18-10)8-20-7-12(16)5-13(20)6-17-15(21)9-19(3)4/h12-13H,5-9H2,1-4H3,(H,17,21)/t12-,13-/m0/s1. The Morgan fingerprint density at radius 3 is 2.82 bits per heavy atom. The molecule has 0 radical (unpaired) electrons. The molecule has 0 bridgehead atoms. The topological polar surface area (TPSA) is 61.6 Å². The summed E-state index contributed by atoms with van der Waals surface area (Å²) in [7, 11) is 3.69. The van der Waals surface area contributed by atoms with Crippen molar-refractivity contribution in [3.8, 4) is 0 Å². The molecule has 0 aromatic carbocycles. The minimum atomic E-state index is -0.851. The lowest BCUT2D eigenvalue weighted by Crippen LogP contribution is -2.42. The third-order valence-electron chi connectivity index (χ3n) is 4.01. The van der Waals surface area contributed by atoms with Crippen molar-refractivity contribution in [2.24, 2.45) is 0 Å². The van der Waals surface area contributed by atoms with E-state index >= 15 is 0 Å². The molecule has 0 aliphatic carbocycles. The number of carbonyl (C=O) groups is 1. The van der Waals surface area contributed by atoms with Gasteiger partial charge in [0.2, 0.25) is 5.91 Å². The molecule has 2 heterocycles. The van der Waals surface area contributed by atoms with Crippen LogP contribution in [0.5, 0.6) is 0 Å². The van der Waals surface area contributed by atoms with Crippen LogP contribution in [0.25, 0.3) is 0 Å². The van der Waals surface area contributed by atoms with Gasteiger partial charge in [-0.05, 0) is 34.4 Å². The fraction of sp³-hybridized carbons (Fsp3) is 0.733. The summed E-state index contributed by atoms with van der Waals surface area (Å²) in [5.74, 6) is 0.736. The van der Waals surface area contributed by atoms with Crippen LogP contribution in [-0.2, 0) is 11.3 Å². The Morgan fingerprint density at radius 2 is 2.23 bits per heavy atom. The molecule has 1 N–H and O–H groups in total. The van der Waals surface area contributed by atoms with Gasteiger partial charge in [-0.3, -0.25) is 9.69 Å². The summed E-state index contributed by atoms with van der Waals surface area (Å²) in [5.41, 5.74) is 1.86. The summed E-state index contributed by atoms with van der Waals surface area (Å²) in [6.45, 7) is 5.56. The highest BCUT2D eigenvalue weighted by Crippen LogP contribution is 2.24. The molecule has 1 aromatic rings. The molecule has 124 valence electrons. The van der Waals surface area contributed by atoms with Crippen LogP contribution < -0.4 is 5.32 Å². The summed E-state index contributed by atoms with van der Waals surface area (Å²) in [6.07, 6.45) is -0.401. The number of likely N-dealkylation sites (N-methyl/N-ethyl adjacent to an activating group) is 1. The molecule has 1 aromatic heterocycles. The number of hydrogen-bond acceptors (Lipinski definition) is 5. The van der Waals surface area contributed by atoms with E-state index in [9.17, 15) is 9.18 Å². The summed E-state index contributed by atoms with van der Waals surface area (Å²) in [5, 5.41) is 6.83. The number of nitrogens with one attached hydrogen (secondary N) is 1. The highest BCUT2D eigenvalue weighted by molar-refractivity contribution is 5.77. The molecule has 1 aliphatic heterocycles. The van der Waals surface area contributed by atoms with Gasteiger partial charge in [-0.25, -0.2) is 4.39 Å². The first-order valence-electron chi connectivity index (χ1n) is 7.58. The fourth-order valence-electron chi connectivity index (χ4n) is 2.83. The van der Waals surface area contributed by atoms with Crippen LogP contribution in [-0.4, -0.2) is 66.8 Å². The molecule has 0 spiro atoms. The van der Waals surface area contributed by atoms with Crippen molar-refractivity contribution in [3.63, 3.8) is 0 Å². The van der Waals surface area contributed by atoms with Gasteiger partial charge in [0.1, 0.15) is 11.9 Å². The van der Waals surface area contributed by atoms with Crippen molar-refractivity contribution in [1.82, 2.24) is 20.3 Å². The number of carbonyl (C=O) groups excluding carboxylic acids is 1. The van der Waals surface area contributed by atoms with Gasteiger partial charge < -0.3 is 14.7 Å². The second-order valence-electron chi connectivity index (χ2n) is 6.26. The molecule has 7 heteroatoms. The molecule has 1 saturated heterocycles. The third kappa shape index (κ3) is 4.27. The van der Waals surface area contributed by atoms with E-state index in [1.165, 1.54) is 0 Å². The van der Waals surface area contributed by atoms with E-state index in [4.69, 9.17) is 4.52 Å². The number of hydrogen-bond donors (Lipinski definition) is 1. The van der Waals surface area contributed by atoms with Crippen molar-refractivity contribution in [2.45, 2.75) is 39.0 Å². The zero-order valence-electron chi connectivity index (χ0n) is 13.7. The first-order chi connectivity index (χ1) is 10.4. The number of rotatable bonds is 6. The maximum atomic E-state index is 13.8. The molecule has 2 rings (SSSR count). The van der Waals surface area contributed by atoms with Gasteiger partial charge in [-0.15, -0.1) is 0 Å². The summed E-state index contributed by atoms with van der Waals surface area (Å²) < 4.78 is 19.0. The van der Waals surface area contributed by atoms with E-state index in [-0.39, 0.29) is 11.9 Å². The van der Waals surface area contributed by atoms with Crippen LogP contribution in [0.4, 0.5) is 4.39 Å². The van der Waals surface area contributed by atoms with Gasteiger partial charge in [-0.1, -0.05) is 5.16 Å². The number of halogens is 1.